The van der Waals surface area contributed by atoms with Crippen LogP contribution in [0.1, 0.15) is 12.5 Å². The second-order valence-electron chi connectivity index (χ2n) is 3.07. The van der Waals surface area contributed by atoms with E-state index in [1.54, 1.807) is 12.1 Å². The lowest BCUT2D eigenvalue weighted by molar-refractivity contribution is 0.339. The molecule has 0 amide bonds. The summed E-state index contributed by atoms with van der Waals surface area (Å²) in [6.07, 6.45) is 0. The van der Waals surface area contributed by atoms with Crippen LogP contribution in [0.25, 0.3) is 0 Å². The van der Waals surface area contributed by atoms with E-state index in [9.17, 15) is 4.39 Å². The molecule has 0 atom stereocenters. The first-order valence-corrected chi connectivity index (χ1v) is 4.63. The molecule has 72 valence electrons. The first kappa shape index (κ1) is 10.5. The lowest BCUT2D eigenvalue weighted by Crippen LogP contribution is -2.17. The second kappa shape index (κ2) is 4.58. The SMILES string of the molecule is CCN(C)Cc1cc(Cl)ccc1F. The van der Waals surface area contributed by atoms with Crippen molar-refractivity contribution >= 4 is 11.6 Å². The van der Waals surface area contributed by atoms with Crippen LogP contribution >= 0.6 is 11.6 Å². The van der Waals surface area contributed by atoms with Crippen LogP contribution in [-0.2, 0) is 6.54 Å². The van der Waals surface area contributed by atoms with Crippen LogP contribution in [0.15, 0.2) is 18.2 Å². The van der Waals surface area contributed by atoms with Crippen LogP contribution < -0.4 is 0 Å². The van der Waals surface area contributed by atoms with Crippen molar-refractivity contribution in [2.75, 3.05) is 13.6 Å². The van der Waals surface area contributed by atoms with E-state index >= 15 is 0 Å². The molecule has 0 spiro atoms. The third-order valence-electron chi connectivity index (χ3n) is 1.99. The predicted octanol–water partition coefficient (Wildman–Crippen LogP) is 2.93. The Kier molecular flexibility index (Phi) is 3.70. The van der Waals surface area contributed by atoms with E-state index in [1.807, 2.05) is 18.9 Å². The standard InChI is InChI=1S/C10H13ClFN/c1-3-13(2)7-8-6-9(11)4-5-10(8)12/h4-6H,3,7H2,1-2H3. The highest BCUT2D eigenvalue weighted by Gasteiger charge is 2.04. The number of hydrogen-bond acceptors (Lipinski definition) is 1. The highest BCUT2D eigenvalue weighted by atomic mass is 35.5. The Morgan fingerprint density at radius 2 is 2.15 bits per heavy atom. The Morgan fingerprint density at radius 1 is 1.46 bits per heavy atom. The zero-order chi connectivity index (χ0) is 9.84. The van der Waals surface area contributed by atoms with E-state index in [1.165, 1.54) is 6.07 Å². The molecule has 0 aliphatic heterocycles. The van der Waals surface area contributed by atoms with Crippen molar-refractivity contribution in [2.24, 2.45) is 0 Å². The van der Waals surface area contributed by atoms with Crippen molar-refractivity contribution in [1.82, 2.24) is 4.90 Å². The van der Waals surface area contributed by atoms with Gasteiger partial charge in [-0.25, -0.2) is 4.39 Å². The van der Waals surface area contributed by atoms with Crippen molar-refractivity contribution in [3.05, 3.63) is 34.6 Å². The third-order valence-corrected chi connectivity index (χ3v) is 2.22. The molecule has 0 bridgehead atoms. The molecule has 0 saturated carbocycles. The molecular formula is C10H13ClFN. The van der Waals surface area contributed by atoms with Crippen molar-refractivity contribution < 1.29 is 4.39 Å². The lowest BCUT2D eigenvalue weighted by Gasteiger charge is -2.14. The van der Waals surface area contributed by atoms with Crippen molar-refractivity contribution in [2.45, 2.75) is 13.5 Å². The van der Waals surface area contributed by atoms with Gasteiger partial charge >= 0.3 is 0 Å². The van der Waals surface area contributed by atoms with Gasteiger partial charge in [-0.2, -0.15) is 0 Å². The fourth-order valence-electron chi connectivity index (χ4n) is 1.07. The first-order valence-electron chi connectivity index (χ1n) is 4.26. The number of nitrogens with zero attached hydrogens (tertiary/aromatic N) is 1. The van der Waals surface area contributed by atoms with E-state index in [4.69, 9.17) is 11.6 Å². The summed E-state index contributed by atoms with van der Waals surface area (Å²) in [7, 11) is 1.94. The largest absolute Gasteiger partial charge is 0.302 e. The molecule has 13 heavy (non-hydrogen) atoms. The Balaban J connectivity index is 2.81. The number of hydrogen-bond donors (Lipinski definition) is 0. The minimum absolute atomic E-state index is 0.190. The maximum absolute atomic E-state index is 13.2. The summed E-state index contributed by atoms with van der Waals surface area (Å²) in [5.41, 5.74) is 0.650. The molecule has 0 heterocycles. The number of halogens is 2. The summed E-state index contributed by atoms with van der Waals surface area (Å²) >= 11 is 5.76. The fourth-order valence-corrected chi connectivity index (χ4v) is 1.26. The van der Waals surface area contributed by atoms with Gasteiger partial charge in [0.1, 0.15) is 5.82 Å². The summed E-state index contributed by atoms with van der Waals surface area (Å²) in [4.78, 5) is 2.02. The fraction of sp³-hybridized carbons (Fsp3) is 0.400. The summed E-state index contributed by atoms with van der Waals surface area (Å²) < 4.78 is 13.2. The van der Waals surface area contributed by atoms with Gasteiger partial charge < -0.3 is 4.90 Å². The van der Waals surface area contributed by atoms with Gasteiger partial charge in [0, 0.05) is 17.1 Å². The summed E-state index contributed by atoms with van der Waals surface area (Å²) in [6, 6.07) is 4.64. The molecule has 1 aromatic carbocycles. The molecule has 0 radical (unpaired) electrons. The molecule has 0 saturated heterocycles. The Bertz CT molecular complexity index is 288. The molecule has 1 rings (SSSR count). The maximum atomic E-state index is 13.2. The molecule has 0 aromatic heterocycles. The molecule has 0 fully saturated rings. The van der Waals surface area contributed by atoms with Gasteiger partial charge in [0.25, 0.3) is 0 Å². The predicted molar refractivity (Wildman–Crippen MR) is 53.4 cm³/mol. The van der Waals surface area contributed by atoms with Gasteiger partial charge in [0.2, 0.25) is 0 Å². The third kappa shape index (κ3) is 2.98. The topological polar surface area (TPSA) is 3.24 Å². The van der Waals surface area contributed by atoms with Crippen molar-refractivity contribution in [1.29, 1.82) is 0 Å². The van der Waals surface area contributed by atoms with Crippen LogP contribution in [0.4, 0.5) is 4.39 Å². The zero-order valence-electron chi connectivity index (χ0n) is 7.85. The summed E-state index contributed by atoms with van der Waals surface area (Å²) in [6.45, 7) is 3.53. The Hall–Kier alpha value is -0.600. The van der Waals surface area contributed by atoms with Crippen LogP contribution in [0.3, 0.4) is 0 Å². The second-order valence-corrected chi connectivity index (χ2v) is 3.50. The van der Waals surface area contributed by atoms with Crippen molar-refractivity contribution in [3.8, 4) is 0 Å². The number of benzene rings is 1. The lowest BCUT2D eigenvalue weighted by atomic mass is 10.2. The molecule has 0 aliphatic rings. The Morgan fingerprint density at radius 3 is 2.77 bits per heavy atom. The monoisotopic (exact) mass is 201 g/mol. The highest BCUT2D eigenvalue weighted by Crippen LogP contribution is 2.15. The maximum Gasteiger partial charge on any atom is 0.127 e. The van der Waals surface area contributed by atoms with E-state index < -0.39 is 0 Å². The van der Waals surface area contributed by atoms with E-state index in [2.05, 4.69) is 0 Å². The van der Waals surface area contributed by atoms with E-state index in [0.717, 1.165) is 6.54 Å². The van der Waals surface area contributed by atoms with Gasteiger partial charge in [-0.1, -0.05) is 18.5 Å². The minimum Gasteiger partial charge on any atom is -0.302 e. The molecule has 0 N–H and O–H groups in total. The van der Waals surface area contributed by atoms with Crippen LogP contribution in [0, 0.1) is 5.82 Å². The van der Waals surface area contributed by atoms with Gasteiger partial charge in [-0.3, -0.25) is 0 Å². The highest BCUT2D eigenvalue weighted by molar-refractivity contribution is 6.30. The zero-order valence-corrected chi connectivity index (χ0v) is 8.61. The Labute approximate surface area is 83.1 Å². The van der Waals surface area contributed by atoms with Gasteiger partial charge in [-0.15, -0.1) is 0 Å². The quantitative estimate of drug-likeness (QED) is 0.727. The van der Waals surface area contributed by atoms with Crippen molar-refractivity contribution in [3.63, 3.8) is 0 Å². The minimum atomic E-state index is -0.190. The average molecular weight is 202 g/mol. The molecule has 3 heteroatoms. The molecule has 1 aromatic rings. The van der Waals surface area contributed by atoms with Gasteiger partial charge in [-0.05, 0) is 31.8 Å². The molecule has 0 aliphatic carbocycles. The van der Waals surface area contributed by atoms with Gasteiger partial charge in [0.15, 0.2) is 0 Å². The van der Waals surface area contributed by atoms with E-state index in [-0.39, 0.29) is 5.82 Å². The average Bonchev–Trinajstić information content (AvgIpc) is 2.11. The molecule has 0 unspecified atom stereocenters. The smallest absolute Gasteiger partial charge is 0.127 e. The van der Waals surface area contributed by atoms with Crippen LogP contribution in [0.2, 0.25) is 5.02 Å². The molecular weight excluding hydrogens is 189 g/mol. The molecule has 1 nitrogen and oxygen atoms in total. The summed E-state index contributed by atoms with van der Waals surface area (Å²) in [5.74, 6) is -0.190. The van der Waals surface area contributed by atoms with Crippen LogP contribution in [0.5, 0.6) is 0 Å². The van der Waals surface area contributed by atoms with Gasteiger partial charge in [0.05, 0.1) is 0 Å². The summed E-state index contributed by atoms with van der Waals surface area (Å²) in [5, 5.41) is 0.584. The normalized spacial score (nSPS) is 10.8. The first-order chi connectivity index (χ1) is 6.13. The van der Waals surface area contributed by atoms with Crippen LogP contribution in [-0.4, -0.2) is 18.5 Å². The van der Waals surface area contributed by atoms with E-state index in [0.29, 0.717) is 17.1 Å². The number of rotatable bonds is 3.